The maximum absolute atomic E-state index is 11.6. The van der Waals surface area contributed by atoms with E-state index in [1.54, 1.807) is 0 Å². The van der Waals surface area contributed by atoms with Crippen molar-refractivity contribution in [2.45, 2.75) is 0 Å². The van der Waals surface area contributed by atoms with Crippen LogP contribution < -0.4 is 38.5 Å². The third-order valence-corrected chi connectivity index (χ3v) is 13.5. The van der Waals surface area contributed by atoms with Gasteiger partial charge >= 0.3 is 0 Å². The molecule has 0 aliphatic carbocycles. The quantitative estimate of drug-likeness (QED) is 0.166. The predicted octanol–water partition coefficient (Wildman–Crippen LogP) is 17.4. The third-order valence-electron chi connectivity index (χ3n) is 13.5. The number of nitriles is 2. The van der Waals surface area contributed by atoms with Crippen molar-refractivity contribution < 1.29 is 18.9 Å². The molecule has 10 heteroatoms. The lowest BCUT2D eigenvalue weighted by Gasteiger charge is -2.39. The van der Waals surface area contributed by atoms with E-state index in [1.165, 1.54) is 0 Å². The number of hydrogen-bond acceptors (Lipinski definition) is 10. The summed E-state index contributed by atoms with van der Waals surface area (Å²) in [6.45, 7) is 0. The van der Waals surface area contributed by atoms with Crippen LogP contribution in [-0.2, 0) is 0 Å². The summed E-state index contributed by atoms with van der Waals surface area (Å²) < 4.78 is 26.2. The second kappa shape index (κ2) is 16.1. The van der Waals surface area contributed by atoms with E-state index in [0.29, 0.717) is 79.6 Å². The molecule has 0 aromatic heterocycles. The van der Waals surface area contributed by atoms with E-state index in [-0.39, 0.29) is 0 Å². The molecular weight excluding hydrogens is 893 g/mol. The summed E-state index contributed by atoms with van der Waals surface area (Å²) >= 11 is 0. The fourth-order valence-electron chi connectivity index (χ4n) is 10.4. The van der Waals surface area contributed by atoms with Crippen LogP contribution in [0.3, 0.4) is 0 Å². The lowest BCUT2D eigenvalue weighted by atomic mass is 9.91. The van der Waals surface area contributed by atoms with Gasteiger partial charge in [0.2, 0.25) is 0 Å². The van der Waals surface area contributed by atoms with Gasteiger partial charge in [0.05, 0.1) is 91.5 Å². The normalized spacial score (nSPS) is 13.0. The van der Waals surface area contributed by atoms with Gasteiger partial charge < -0.3 is 38.5 Å². The Balaban J connectivity index is 1.09. The van der Waals surface area contributed by atoms with Crippen LogP contribution in [0, 0.1) is 22.7 Å². The molecule has 10 aromatic rings. The first-order valence-corrected chi connectivity index (χ1v) is 23.4. The Hall–Kier alpha value is -10.4. The van der Waals surface area contributed by atoms with Gasteiger partial charge in [-0.2, -0.15) is 10.5 Å². The Morgan fingerprint density at radius 1 is 0.236 bits per heavy atom. The van der Waals surface area contributed by atoms with Gasteiger partial charge in [0.15, 0.2) is 46.0 Å². The zero-order valence-corrected chi connectivity index (χ0v) is 38.1. The van der Waals surface area contributed by atoms with Gasteiger partial charge in [0.1, 0.15) is 0 Å². The minimum Gasteiger partial charge on any atom is -0.453 e. The molecule has 0 N–H and O–H groups in total. The molecule has 0 radical (unpaired) electrons. The number of anilines is 12. The van der Waals surface area contributed by atoms with Gasteiger partial charge in [-0.1, -0.05) is 97.1 Å². The van der Waals surface area contributed by atoms with Crippen LogP contribution in [0.25, 0.3) is 11.1 Å². The number of nitrogens with zero attached hydrogens (tertiary/aromatic N) is 6. The van der Waals surface area contributed by atoms with Crippen molar-refractivity contribution in [1.82, 2.24) is 0 Å². The first-order valence-electron chi connectivity index (χ1n) is 23.4. The summed E-state index contributed by atoms with van der Waals surface area (Å²) in [5.74, 6) is 5.31. The van der Waals surface area contributed by atoms with Crippen LogP contribution in [0.5, 0.6) is 46.0 Å². The van der Waals surface area contributed by atoms with Crippen LogP contribution in [0.15, 0.2) is 218 Å². The summed E-state index contributed by atoms with van der Waals surface area (Å²) in [6, 6.07) is 76.6. The van der Waals surface area contributed by atoms with Crippen LogP contribution in [0.1, 0.15) is 11.1 Å². The summed E-state index contributed by atoms with van der Waals surface area (Å²) in [5.41, 5.74) is 11.0. The smallest absolute Gasteiger partial charge is 0.151 e. The topological polar surface area (TPSA) is 97.5 Å². The zero-order valence-electron chi connectivity index (χ0n) is 38.1. The van der Waals surface area contributed by atoms with Crippen LogP contribution in [0.2, 0.25) is 0 Å². The molecule has 0 spiro atoms. The van der Waals surface area contributed by atoms with Gasteiger partial charge in [-0.3, -0.25) is 0 Å². The van der Waals surface area contributed by atoms with E-state index in [2.05, 4.69) is 31.7 Å². The summed E-state index contributed by atoms with van der Waals surface area (Å²) in [7, 11) is 0. The molecule has 0 saturated heterocycles. The molecule has 0 atom stereocenters. The highest BCUT2D eigenvalue weighted by atomic mass is 16.5. The molecule has 10 aromatic carbocycles. The molecule has 0 saturated carbocycles. The molecule has 72 heavy (non-hydrogen) atoms. The minimum absolute atomic E-state index is 0.352. The van der Waals surface area contributed by atoms with Crippen molar-refractivity contribution >= 4 is 68.2 Å². The Kier molecular flexibility index (Phi) is 9.08. The summed E-state index contributed by atoms with van der Waals surface area (Å²) in [5, 5.41) is 23.1. The first-order chi connectivity index (χ1) is 35.6. The molecule has 338 valence electrons. The van der Waals surface area contributed by atoms with Gasteiger partial charge in [-0.05, 0) is 121 Å². The fourth-order valence-corrected chi connectivity index (χ4v) is 10.4. The molecular formula is C62H36N6O4. The van der Waals surface area contributed by atoms with E-state index in [9.17, 15) is 10.5 Å². The SMILES string of the molecule is N#Cc1cc(N2c3ccccc3Oc3ccccc32)c(N2c3ccccc3Oc3ccccc32)cc1-c1cc(N2c3ccccc3Oc3ccccc32)c(N2c3ccccc3Oc3ccccc32)cc1C#N. The lowest BCUT2D eigenvalue weighted by Crippen LogP contribution is -2.22. The third kappa shape index (κ3) is 6.20. The molecule has 14 rings (SSSR count). The van der Waals surface area contributed by atoms with Crippen molar-refractivity contribution in [2.75, 3.05) is 19.6 Å². The Morgan fingerprint density at radius 2 is 0.417 bits per heavy atom. The van der Waals surface area contributed by atoms with E-state index in [4.69, 9.17) is 18.9 Å². The molecule has 0 amide bonds. The van der Waals surface area contributed by atoms with E-state index in [0.717, 1.165) is 56.9 Å². The Morgan fingerprint density at radius 3 is 0.611 bits per heavy atom. The van der Waals surface area contributed by atoms with Crippen molar-refractivity contribution in [3.63, 3.8) is 0 Å². The van der Waals surface area contributed by atoms with E-state index in [1.807, 2.05) is 218 Å². The molecule has 4 aliphatic heterocycles. The zero-order chi connectivity index (χ0) is 47.9. The number of para-hydroxylation sites is 16. The lowest BCUT2D eigenvalue weighted by molar-refractivity contribution is 0.476. The van der Waals surface area contributed by atoms with Gasteiger partial charge in [0, 0.05) is 11.1 Å². The van der Waals surface area contributed by atoms with Crippen molar-refractivity contribution in [2.24, 2.45) is 0 Å². The van der Waals surface area contributed by atoms with E-state index >= 15 is 0 Å². The average Bonchev–Trinajstić information content (AvgIpc) is 3.44. The fraction of sp³-hybridized carbons (Fsp3) is 0. The molecule has 10 nitrogen and oxygen atoms in total. The van der Waals surface area contributed by atoms with Gasteiger partial charge in [-0.25, -0.2) is 0 Å². The molecule has 0 bridgehead atoms. The first kappa shape index (κ1) is 40.6. The standard InChI is InChI=1S/C62H36N6O4/c63-37-39-33-51(65-43-17-1-9-25-55(43)69-56-26-10-2-18-44(56)65)53(67-47-21-5-13-29-59(47)71-60-30-14-6-22-48(60)67)35-41(39)42-36-54(68-49-23-7-15-31-61(49)72-62-32-16-8-24-50(62)68)52(34-40(42)38-64)66-45-19-3-11-27-57(45)70-58-28-12-4-20-46(58)66/h1-36H. The highest BCUT2D eigenvalue weighted by Gasteiger charge is 2.37. The minimum atomic E-state index is 0.352. The second-order valence-electron chi connectivity index (χ2n) is 17.5. The number of benzene rings is 10. The van der Waals surface area contributed by atoms with Gasteiger partial charge in [-0.15, -0.1) is 0 Å². The monoisotopic (exact) mass is 928 g/mol. The molecule has 0 fully saturated rings. The van der Waals surface area contributed by atoms with Gasteiger partial charge in [0.25, 0.3) is 0 Å². The number of hydrogen-bond donors (Lipinski definition) is 0. The van der Waals surface area contributed by atoms with Crippen LogP contribution >= 0.6 is 0 Å². The summed E-state index contributed by atoms with van der Waals surface area (Å²) in [6.07, 6.45) is 0. The molecule has 4 heterocycles. The molecule has 4 aliphatic rings. The molecule has 0 unspecified atom stereocenters. The predicted molar refractivity (Wildman–Crippen MR) is 280 cm³/mol. The number of fused-ring (bicyclic) bond motifs is 8. The largest absolute Gasteiger partial charge is 0.453 e. The second-order valence-corrected chi connectivity index (χ2v) is 17.5. The van der Waals surface area contributed by atoms with E-state index < -0.39 is 0 Å². The van der Waals surface area contributed by atoms with Crippen molar-refractivity contribution in [3.8, 4) is 69.3 Å². The average molecular weight is 929 g/mol. The highest BCUT2D eigenvalue weighted by Crippen LogP contribution is 2.61. The maximum atomic E-state index is 11.6. The Bertz CT molecular complexity index is 3550. The Labute approximate surface area is 414 Å². The summed E-state index contributed by atoms with van der Waals surface area (Å²) in [4.78, 5) is 8.69. The number of ether oxygens (including phenoxy) is 4. The maximum Gasteiger partial charge on any atom is 0.151 e. The number of rotatable bonds is 5. The van der Waals surface area contributed by atoms with Crippen molar-refractivity contribution in [1.29, 1.82) is 10.5 Å². The van der Waals surface area contributed by atoms with Crippen LogP contribution in [-0.4, -0.2) is 0 Å². The van der Waals surface area contributed by atoms with Crippen molar-refractivity contribution in [3.05, 3.63) is 230 Å². The van der Waals surface area contributed by atoms with Crippen LogP contribution in [0.4, 0.5) is 68.2 Å². The highest BCUT2D eigenvalue weighted by molar-refractivity contribution is 6.03.